The maximum Gasteiger partial charge on any atom is 0.440 e. The number of rotatable bonds is 0. The van der Waals surface area contributed by atoms with Crippen LogP contribution in [0.25, 0.3) is 0 Å². The first-order valence-electron chi connectivity index (χ1n) is 2.77. The van der Waals surface area contributed by atoms with E-state index in [4.69, 9.17) is 0 Å². The molecule has 1 fully saturated rings. The molecule has 0 aromatic carbocycles. The first-order chi connectivity index (χ1) is 4.01. The highest BCUT2D eigenvalue weighted by Crippen LogP contribution is 2.28. The molecule has 0 spiro atoms. The van der Waals surface area contributed by atoms with Gasteiger partial charge in [-0.15, -0.1) is 0 Å². The highest BCUT2D eigenvalue weighted by Gasteiger charge is 2.46. The van der Waals surface area contributed by atoms with Gasteiger partial charge < -0.3 is 0 Å². The molecule has 0 aliphatic carbocycles. The second-order valence-corrected chi connectivity index (χ2v) is 5.49. The predicted octanol–water partition coefficient (Wildman–Crippen LogP) is 1.11. The fourth-order valence-corrected chi connectivity index (χ4v) is 3.92. The van der Waals surface area contributed by atoms with Crippen LogP contribution in [0.2, 0.25) is 6.04 Å². The van der Waals surface area contributed by atoms with Crippen LogP contribution in [-0.2, 0) is 0 Å². The summed E-state index contributed by atoms with van der Waals surface area (Å²) in [5.41, 5.74) is 0. The van der Waals surface area contributed by atoms with Gasteiger partial charge in [0.05, 0.1) is 11.5 Å². The van der Waals surface area contributed by atoms with Gasteiger partial charge in [0, 0.05) is 6.04 Å². The van der Waals surface area contributed by atoms with Crippen LogP contribution in [0.4, 0.5) is 8.22 Å². The van der Waals surface area contributed by atoms with Crippen LogP contribution < -0.4 is 0 Å². The van der Waals surface area contributed by atoms with E-state index in [2.05, 4.69) is 12.6 Å². The first kappa shape index (κ1) is 7.49. The van der Waals surface area contributed by atoms with E-state index in [0.29, 0.717) is 0 Å². The highest BCUT2D eigenvalue weighted by molar-refractivity contribution is 7.81. The standard InChI is InChI=1S/C4H9F2NSSi/c1-7-3-9(5,6)2-4(7)8/h4,8H,2-3H2,1H3. The third-order valence-electron chi connectivity index (χ3n) is 1.47. The van der Waals surface area contributed by atoms with Crippen LogP contribution in [0.1, 0.15) is 0 Å². The van der Waals surface area contributed by atoms with E-state index in [1.807, 2.05) is 0 Å². The summed E-state index contributed by atoms with van der Waals surface area (Å²) >= 11 is 3.98. The van der Waals surface area contributed by atoms with E-state index >= 15 is 0 Å². The summed E-state index contributed by atoms with van der Waals surface area (Å²) in [4.78, 5) is 1.61. The monoisotopic (exact) mass is 169 g/mol. The topological polar surface area (TPSA) is 3.24 Å². The van der Waals surface area contributed by atoms with E-state index in [0.717, 1.165) is 0 Å². The van der Waals surface area contributed by atoms with Crippen molar-refractivity contribution < 1.29 is 8.22 Å². The molecule has 54 valence electrons. The molecule has 1 rings (SSSR count). The second-order valence-electron chi connectivity index (χ2n) is 2.46. The molecule has 0 saturated carbocycles. The molecule has 0 aromatic rings. The summed E-state index contributed by atoms with van der Waals surface area (Å²) in [6, 6.07) is 0.0204. The van der Waals surface area contributed by atoms with Crippen molar-refractivity contribution >= 4 is 21.4 Å². The van der Waals surface area contributed by atoms with E-state index < -0.39 is 8.74 Å². The van der Waals surface area contributed by atoms with E-state index in [1.54, 1.807) is 11.9 Å². The number of thiol groups is 1. The maximum atomic E-state index is 12.5. The van der Waals surface area contributed by atoms with Crippen molar-refractivity contribution in [2.24, 2.45) is 0 Å². The summed E-state index contributed by atoms with van der Waals surface area (Å²) in [7, 11) is -2.13. The molecular weight excluding hydrogens is 160 g/mol. The summed E-state index contributed by atoms with van der Waals surface area (Å²) in [5.74, 6) is 0. The Hall–Kier alpha value is 0.387. The molecule has 0 radical (unpaired) electrons. The Morgan fingerprint density at radius 1 is 1.67 bits per heavy atom. The van der Waals surface area contributed by atoms with Gasteiger partial charge in [0.2, 0.25) is 0 Å². The van der Waals surface area contributed by atoms with E-state index in [9.17, 15) is 8.22 Å². The lowest BCUT2D eigenvalue weighted by Gasteiger charge is -2.10. The zero-order valence-electron chi connectivity index (χ0n) is 5.14. The van der Waals surface area contributed by atoms with E-state index in [1.165, 1.54) is 0 Å². The number of nitrogens with zero attached hydrogens (tertiary/aromatic N) is 1. The van der Waals surface area contributed by atoms with Gasteiger partial charge in [-0.05, 0) is 7.05 Å². The van der Waals surface area contributed by atoms with Gasteiger partial charge in [0.1, 0.15) is 0 Å². The fraction of sp³-hybridized carbons (Fsp3) is 1.00. The molecular formula is C4H9F2NSSi. The average molecular weight is 169 g/mol. The largest absolute Gasteiger partial charge is 0.440 e. The van der Waals surface area contributed by atoms with Crippen LogP contribution in [-0.4, -0.2) is 32.2 Å². The third kappa shape index (κ3) is 1.65. The first-order valence-corrected chi connectivity index (χ1v) is 5.46. The Morgan fingerprint density at radius 3 is 2.33 bits per heavy atom. The molecule has 1 aliphatic heterocycles. The zero-order chi connectivity index (χ0) is 7.07. The predicted molar refractivity (Wildman–Crippen MR) is 38.2 cm³/mol. The zero-order valence-corrected chi connectivity index (χ0v) is 7.04. The summed E-state index contributed by atoms with van der Waals surface area (Å²) < 4.78 is 25.0. The van der Waals surface area contributed by atoms with Gasteiger partial charge in [0.25, 0.3) is 0 Å². The van der Waals surface area contributed by atoms with Crippen molar-refractivity contribution in [3.8, 4) is 0 Å². The quantitative estimate of drug-likeness (QED) is 0.323. The normalized spacial score (nSPS) is 35.3. The highest BCUT2D eigenvalue weighted by atomic mass is 32.1. The Kier molecular flexibility index (Phi) is 1.84. The molecule has 9 heavy (non-hydrogen) atoms. The molecule has 5 heteroatoms. The lowest BCUT2D eigenvalue weighted by atomic mass is 10.7. The molecule has 0 aromatic heterocycles. The molecule has 1 atom stereocenters. The van der Waals surface area contributed by atoms with Crippen LogP contribution in [0.3, 0.4) is 0 Å². The van der Waals surface area contributed by atoms with Gasteiger partial charge >= 0.3 is 8.74 Å². The molecule has 0 amide bonds. The number of hydrogen-bond acceptors (Lipinski definition) is 2. The Balaban J connectivity index is 2.54. The average Bonchev–Trinajstić information content (AvgIpc) is 1.79. The van der Waals surface area contributed by atoms with Crippen LogP contribution in [0.5, 0.6) is 0 Å². The molecule has 1 heterocycles. The summed E-state index contributed by atoms with van der Waals surface area (Å²) in [5, 5.41) is -0.202. The van der Waals surface area contributed by atoms with Gasteiger partial charge in [-0.3, -0.25) is 13.1 Å². The van der Waals surface area contributed by atoms with Crippen molar-refractivity contribution in [3.63, 3.8) is 0 Å². The minimum Gasteiger partial charge on any atom is -0.292 e. The fourth-order valence-electron chi connectivity index (χ4n) is 0.958. The molecule has 1 aliphatic rings. The van der Waals surface area contributed by atoms with Gasteiger partial charge in [0.15, 0.2) is 0 Å². The van der Waals surface area contributed by atoms with Gasteiger partial charge in [-0.2, -0.15) is 12.6 Å². The third-order valence-corrected chi connectivity index (χ3v) is 4.34. The molecule has 0 N–H and O–H groups in total. The Morgan fingerprint density at radius 2 is 2.22 bits per heavy atom. The Labute approximate surface area is 59.8 Å². The maximum absolute atomic E-state index is 12.5. The summed E-state index contributed by atoms with van der Waals surface area (Å²) in [6.07, 6.45) is -0.0127. The molecule has 0 bridgehead atoms. The van der Waals surface area contributed by atoms with E-state index in [-0.39, 0.29) is 17.6 Å². The number of halogens is 2. The SMILES string of the molecule is CN1C[Si](F)(F)CC1S. The van der Waals surface area contributed by atoms with Crippen LogP contribution in [0.15, 0.2) is 0 Å². The van der Waals surface area contributed by atoms with Crippen molar-refractivity contribution in [1.82, 2.24) is 4.90 Å². The van der Waals surface area contributed by atoms with Crippen molar-refractivity contribution in [1.29, 1.82) is 0 Å². The van der Waals surface area contributed by atoms with Gasteiger partial charge in [-0.25, -0.2) is 0 Å². The van der Waals surface area contributed by atoms with Crippen LogP contribution in [0, 0.1) is 0 Å². The molecule has 1 unspecified atom stereocenters. The summed E-state index contributed by atoms with van der Waals surface area (Å²) in [6.45, 7) is 0. The van der Waals surface area contributed by atoms with Crippen molar-refractivity contribution in [3.05, 3.63) is 0 Å². The second kappa shape index (κ2) is 2.21. The van der Waals surface area contributed by atoms with Gasteiger partial charge in [-0.1, -0.05) is 0 Å². The minimum absolute atomic E-state index is 0.0127. The number of hydrogen-bond donors (Lipinski definition) is 1. The van der Waals surface area contributed by atoms with Crippen molar-refractivity contribution in [2.75, 3.05) is 13.2 Å². The van der Waals surface area contributed by atoms with Crippen molar-refractivity contribution in [2.45, 2.75) is 11.4 Å². The molecule has 1 saturated heterocycles. The lowest BCUT2D eigenvalue weighted by Crippen LogP contribution is -2.27. The Bertz CT molecular complexity index is 109. The smallest absolute Gasteiger partial charge is 0.292 e. The lowest BCUT2D eigenvalue weighted by molar-refractivity contribution is 0.401. The minimum atomic E-state index is -3.82. The molecule has 1 nitrogen and oxygen atoms in total. The van der Waals surface area contributed by atoms with Crippen LogP contribution >= 0.6 is 12.6 Å².